The summed E-state index contributed by atoms with van der Waals surface area (Å²) in [5.74, 6) is -2.17. The number of benzene rings is 1. The molecule has 0 saturated heterocycles. The number of carboxylic acid groups (broad SMARTS) is 1. The second-order valence-corrected chi connectivity index (χ2v) is 4.72. The standard InChI is InChI=1S/C13H16N2O6/c1-3-8-4-5-9(6-10(8)15(20)21)11(16)14-7-13(2,19)12(17)18/h4-6,19H,3,7H2,1-2H3,(H,14,16)(H,17,18). The Bertz CT molecular complexity index is 582. The summed E-state index contributed by atoms with van der Waals surface area (Å²) in [6, 6.07) is 4.02. The van der Waals surface area contributed by atoms with Crippen molar-refractivity contribution in [2.45, 2.75) is 25.9 Å². The van der Waals surface area contributed by atoms with Crippen LogP contribution in [0.3, 0.4) is 0 Å². The van der Waals surface area contributed by atoms with Gasteiger partial charge in [0.05, 0.1) is 11.5 Å². The molecule has 0 saturated carbocycles. The van der Waals surface area contributed by atoms with E-state index in [9.17, 15) is 24.8 Å². The van der Waals surface area contributed by atoms with Gasteiger partial charge in [0.1, 0.15) is 0 Å². The van der Waals surface area contributed by atoms with Crippen molar-refractivity contribution in [3.05, 3.63) is 39.4 Å². The van der Waals surface area contributed by atoms with Crippen LogP contribution in [-0.4, -0.2) is 39.2 Å². The fourth-order valence-electron chi connectivity index (χ4n) is 1.60. The number of carbonyl (C=O) groups is 2. The summed E-state index contributed by atoms with van der Waals surface area (Å²) < 4.78 is 0. The second kappa shape index (κ2) is 6.31. The van der Waals surface area contributed by atoms with Gasteiger partial charge < -0.3 is 15.5 Å². The molecule has 8 heteroatoms. The molecule has 0 aliphatic heterocycles. The molecule has 1 aromatic rings. The van der Waals surface area contributed by atoms with E-state index in [2.05, 4.69) is 5.32 Å². The molecule has 1 amide bonds. The number of aliphatic carboxylic acids is 1. The molecule has 0 spiro atoms. The lowest BCUT2D eigenvalue weighted by molar-refractivity contribution is -0.385. The van der Waals surface area contributed by atoms with Crippen molar-refractivity contribution in [3.63, 3.8) is 0 Å². The summed E-state index contributed by atoms with van der Waals surface area (Å²) >= 11 is 0. The number of nitrogens with one attached hydrogen (secondary N) is 1. The van der Waals surface area contributed by atoms with Crippen LogP contribution in [0.15, 0.2) is 18.2 Å². The number of hydrogen-bond donors (Lipinski definition) is 3. The highest BCUT2D eigenvalue weighted by atomic mass is 16.6. The van der Waals surface area contributed by atoms with E-state index >= 15 is 0 Å². The molecule has 1 rings (SSSR count). The molecule has 1 unspecified atom stereocenters. The van der Waals surface area contributed by atoms with Crippen LogP contribution in [0.1, 0.15) is 29.8 Å². The summed E-state index contributed by atoms with van der Waals surface area (Å²) in [5, 5.41) is 31.4. The van der Waals surface area contributed by atoms with Crippen LogP contribution in [0, 0.1) is 10.1 Å². The minimum atomic E-state index is -2.11. The van der Waals surface area contributed by atoms with Gasteiger partial charge in [0.15, 0.2) is 5.60 Å². The lowest BCUT2D eigenvalue weighted by atomic mass is 10.1. The molecule has 1 atom stereocenters. The highest BCUT2D eigenvalue weighted by molar-refractivity contribution is 5.95. The van der Waals surface area contributed by atoms with Crippen LogP contribution >= 0.6 is 0 Å². The first-order valence-corrected chi connectivity index (χ1v) is 6.20. The first-order valence-electron chi connectivity index (χ1n) is 6.20. The number of carbonyl (C=O) groups excluding carboxylic acids is 1. The van der Waals surface area contributed by atoms with Gasteiger partial charge in [0.25, 0.3) is 11.6 Å². The van der Waals surface area contributed by atoms with Crippen LogP contribution in [-0.2, 0) is 11.2 Å². The highest BCUT2D eigenvalue weighted by Crippen LogP contribution is 2.20. The topological polar surface area (TPSA) is 130 Å². The minimum absolute atomic E-state index is 0.0279. The third-order valence-electron chi connectivity index (χ3n) is 2.98. The van der Waals surface area contributed by atoms with Gasteiger partial charge >= 0.3 is 5.97 Å². The van der Waals surface area contributed by atoms with Crippen molar-refractivity contribution in [1.29, 1.82) is 0 Å². The first kappa shape index (κ1) is 16.6. The third-order valence-corrected chi connectivity index (χ3v) is 2.98. The van der Waals surface area contributed by atoms with Gasteiger partial charge in [-0.2, -0.15) is 0 Å². The maximum absolute atomic E-state index is 11.9. The van der Waals surface area contributed by atoms with Gasteiger partial charge in [0, 0.05) is 17.2 Å². The number of hydrogen-bond acceptors (Lipinski definition) is 5. The predicted molar refractivity (Wildman–Crippen MR) is 73.1 cm³/mol. The van der Waals surface area contributed by atoms with Gasteiger partial charge in [-0.05, 0) is 19.4 Å². The lowest BCUT2D eigenvalue weighted by Crippen LogP contribution is -2.46. The first-order chi connectivity index (χ1) is 9.69. The Morgan fingerprint density at radius 3 is 2.52 bits per heavy atom. The van der Waals surface area contributed by atoms with Gasteiger partial charge in [-0.1, -0.05) is 13.0 Å². The van der Waals surface area contributed by atoms with Crippen molar-refractivity contribution in [2.75, 3.05) is 6.54 Å². The van der Waals surface area contributed by atoms with Gasteiger partial charge in [-0.25, -0.2) is 4.79 Å². The van der Waals surface area contributed by atoms with E-state index in [4.69, 9.17) is 5.11 Å². The minimum Gasteiger partial charge on any atom is -0.479 e. The van der Waals surface area contributed by atoms with Crippen LogP contribution < -0.4 is 5.32 Å². The summed E-state index contributed by atoms with van der Waals surface area (Å²) in [7, 11) is 0. The quantitative estimate of drug-likeness (QED) is 0.524. The Kier molecular flexibility index (Phi) is 4.98. The van der Waals surface area contributed by atoms with E-state index < -0.39 is 28.9 Å². The zero-order valence-electron chi connectivity index (χ0n) is 11.6. The number of aryl methyl sites for hydroxylation is 1. The Balaban J connectivity index is 2.91. The predicted octanol–water partition coefficient (Wildman–Crippen LogP) is 0.723. The van der Waals surface area contributed by atoms with E-state index in [0.29, 0.717) is 12.0 Å². The van der Waals surface area contributed by atoms with E-state index in [0.717, 1.165) is 13.0 Å². The Labute approximate surface area is 120 Å². The molecule has 0 fully saturated rings. The summed E-state index contributed by atoms with van der Waals surface area (Å²) in [5.41, 5.74) is -1.75. The van der Waals surface area contributed by atoms with Crippen molar-refractivity contribution in [1.82, 2.24) is 5.32 Å². The molecule has 3 N–H and O–H groups in total. The summed E-state index contributed by atoms with van der Waals surface area (Å²) in [6.07, 6.45) is 0.450. The summed E-state index contributed by atoms with van der Waals surface area (Å²) in [4.78, 5) is 32.9. The number of carboxylic acids is 1. The number of nitro benzene ring substituents is 1. The SMILES string of the molecule is CCc1ccc(C(=O)NCC(C)(O)C(=O)O)cc1[N+](=O)[O-]. The number of nitrogens with zero attached hydrogens (tertiary/aromatic N) is 1. The molecular formula is C13H16N2O6. The normalized spacial score (nSPS) is 13.3. The van der Waals surface area contributed by atoms with Crippen LogP contribution in [0.4, 0.5) is 5.69 Å². The van der Waals surface area contributed by atoms with Gasteiger partial charge in [-0.3, -0.25) is 14.9 Å². The molecule has 114 valence electrons. The zero-order chi connectivity index (χ0) is 16.2. The molecule has 0 aliphatic rings. The van der Waals surface area contributed by atoms with Gasteiger partial charge in [-0.15, -0.1) is 0 Å². The van der Waals surface area contributed by atoms with Crippen LogP contribution in [0.25, 0.3) is 0 Å². The number of rotatable bonds is 6. The molecule has 0 radical (unpaired) electrons. The Hall–Kier alpha value is -2.48. The monoisotopic (exact) mass is 296 g/mol. The lowest BCUT2D eigenvalue weighted by Gasteiger charge is -2.18. The van der Waals surface area contributed by atoms with Crippen molar-refractivity contribution >= 4 is 17.6 Å². The molecule has 21 heavy (non-hydrogen) atoms. The van der Waals surface area contributed by atoms with Crippen LogP contribution in [0.2, 0.25) is 0 Å². The third kappa shape index (κ3) is 3.99. The molecule has 0 bridgehead atoms. The Morgan fingerprint density at radius 1 is 1.43 bits per heavy atom. The van der Waals surface area contributed by atoms with Crippen molar-refractivity contribution in [3.8, 4) is 0 Å². The zero-order valence-corrected chi connectivity index (χ0v) is 11.6. The molecular weight excluding hydrogens is 280 g/mol. The van der Waals surface area contributed by atoms with E-state index in [1.807, 2.05) is 0 Å². The fourth-order valence-corrected chi connectivity index (χ4v) is 1.60. The Morgan fingerprint density at radius 2 is 2.05 bits per heavy atom. The second-order valence-electron chi connectivity index (χ2n) is 4.72. The molecule has 0 aromatic heterocycles. The van der Waals surface area contributed by atoms with Crippen molar-refractivity contribution in [2.24, 2.45) is 0 Å². The maximum Gasteiger partial charge on any atom is 0.337 e. The average Bonchev–Trinajstić information content (AvgIpc) is 2.43. The highest BCUT2D eigenvalue weighted by Gasteiger charge is 2.30. The maximum atomic E-state index is 11.9. The number of nitro groups is 1. The van der Waals surface area contributed by atoms with Crippen molar-refractivity contribution < 1.29 is 24.7 Å². The number of aliphatic hydroxyl groups is 1. The fraction of sp³-hybridized carbons (Fsp3) is 0.385. The average molecular weight is 296 g/mol. The van der Waals surface area contributed by atoms with E-state index in [1.54, 1.807) is 6.92 Å². The summed E-state index contributed by atoms with van der Waals surface area (Å²) in [6.45, 7) is 2.29. The molecule has 1 aromatic carbocycles. The number of amides is 1. The van der Waals surface area contributed by atoms with E-state index in [-0.39, 0.29) is 11.3 Å². The van der Waals surface area contributed by atoms with E-state index in [1.165, 1.54) is 12.1 Å². The molecule has 0 heterocycles. The van der Waals surface area contributed by atoms with Crippen LogP contribution in [0.5, 0.6) is 0 Å². The largest absolute Gasteiger partial charge is 0.479 e. The van der Waals surface area contributed by atoms with Gasteiger partial charge in [0.2, 0.25) is 0 Å². The molecule has 8 nitrogen and oxygen atoms in total. The smallest absolute Gasteiger partial charge is 0.337 e. The molecule has 0 aliphatic carbocycles.